The van der Waals surface area contributed by atoms with Gasteiger partial charge in [-0.25, -0.2) is 5.48 Å². The molecule has 1 aromatic heterocycles. The van der Waals surface area contributed by atoms with Crippen LogP contribution in [0.4, 0.5) is 0 Å². The molecule has 0 radical (unpaired) electrons. The molecule has 2 aromatic carbocycles. The molecule has 9 nitrogen and oxygen atoms in total. The summed E-state index contributed by atoms with van der Waals surface area (Å²) >= 11 is 0. The molecule has 184 valence electrons. The summed E-state index contributed by atoms with van der Waals surface area (Å²) in [6.07, 6.45) is -0.203. The number of nitrogens with one attached hydrogen (secondary N) is 2. The molecule has 9 heteroatoms. The lowest BCUT2D eigenvalue weighted by atomic mass is 9.94. The van der Waals surface area contributed by atoms with Gasteiger partial charge in [-0.15, -0.1) is 0 Å². The first-order valence-electron chi connectivity index (χ1n) is 11.3. The molecule has 0 bridgehead atoms. The minimum absolute atomic E-state index is 0.0552. The minimum atomic E-state index is -1.12. The van der Waals surface area contributed by atoms with Gasteiger partial charge in [0.05, 0.1) is 30.7 Å². The number of fused-ring (bicyclic) bond motifs is 1. The summed E-state index contributed by atoms with van der Waals surface area (Å²) in [5.41, 5.74) is 3.73. The molecule has 0 saturated carbocycles. The molecule has 0 unspecified atom stereocenters. The Bertz CT molecular complexity index is 1220. The van der Waals surface area contributed by atoms with Crippen LogP contribution in [-0.2, 0) is 20.9 Å². The van der Waals surface area contributed by atoms with E-state index in [1.54, 1.807) is 43.6 Å². The number of hydrogen-bond donors (Lipinski definition) is 3. The number of carbonyl (C=O) groups is 2. The second-order valence-corrected chi connectivity index (χ2v) is 9.18. The number of pyridine rings is 1. The van der Waals surface area contributed by atoms with Crippen LogP contribution < -0.4 is 15.5 Å². The average molecular weight is 480 g/mol. The van der Waals surface area contributed by atoms with Gasteiger partial charge in [-0.05, 0) is 57.2 Å². The van der Waals surface area contributed by atoms with Gasteiger partial charge in [0.15, 0.2) is 5.79 Å². The maximum atomic E-state index is 13.0. The number of rotatable bonds is 7. The van der Waals surface area contributed by atoms with Crippen molar-refractivity contribution in [3.63, 3.8) is 0 Å². The van der Waals surface area contributed by atoms with Crippen molar-refractivity contribution in [1.82, 2.24) is 15.8 Å². The van der Waals surface area contributed by atoms with E-state index in [1.165, 1.54) is 0 Å². The molecule has 1 aliphatic heterocycles. The summed E-state index contributed by atoms with van der Waals surface area (Å²) < 4.78 is 17.3. The maximum Gasteiger partial charge on any atom is 0.251 e. The molecule has 4 rings (SSSR count). The van der Waals surface area contributed by atoms with Crippen molar-refractivity contribution < 1.29 is 29.0 Å². The van der Waals surface area contributed by atoms with Gasteiger partial charge in [0, 0.05) is 22.2 Å². The number of carbonyl (C=O) groups excluding carboxylic acids is 2. The molecule has 0 spiro atoms. The number of nitrogens with zero attached hydrogens (tertiary/aromatic N) is 1. The van der Waals surface area contributed by atoms with Crippen molar-refractivity contribution in [1.29, 1.82) is 0 Å². The normalized spacial score (nSPS) is 16.5. The Labute approximate surface area is 203 Å². The van der Waals surface area contributed by atoms with Crippen LogP contribution in [-0.4, -0.2) is 46.5 Å². The average Bonchev–Trinajstić information content (AvgIpc) is 2.84. The van der Waals surface area contributed by atoms with Crippen molar-refractivity contribution in [3.8, 4) is 5.75 Å². The van der Waals surface area contributed by atoms with Gasteiger partial charge in [0.25, 0.3) is 5.91 Å². The van der Waals surface area contributed by atoms with E-state index in [0.717, 1.165) is 22.2 Å². The van der Waals surface area contributed by atoms with E-state index in [2.05, 4.69) is 10.3 Å². The number of hydroxylamine groups is 1. The van der Waals surface area contributed by atoms with E-state index in [1.807, 2.05) is 37.3 Å². The molecule has 0 aliphatic carbocycles. The second kappa shape index (κ2) is 9.99. The van der Waals surface area contributed by atoms with Gasteiger partial charge in [0.1, 0.15) is 12.4 Å². The zero-order valence-corrected chi connectivity index (χ0v) is 20.0. The van der Waals surface area contributed by atoms with Crippen LogP contribution in [0.2, 0.25) is 0 Å². The lowest BCUT2D eigenvalue weighted by molar-refractivity contribution is -0.270. The fourth-order valence-electron chi connectivity index (χ4n) is 3.96. The minimum Gasteiger partial charge on any atom is -0.489 e. The highest BCUT2D eigenvalue weighted by molar-refractivity contribution is 5.95. The molecule has 3 N–H and O–H groups in total. The first-order valence-corrected chi connectivity index (χ1v) is 11.3. The topological polar surface area (TPSA) is 119 Å². The Morgan fingerprint density at radius 2 is 1.77 bits per heavy atom. The Balaban J connectivity index is 1.43. The fourth-order valence-corrected chi connectivity index (χ4v) is 3.96. The molecule has 35 heavy (non-hydrogen) atoms. The van der Waals surface area contributed by atoms with Gasteiger partial charge in [-0.1, -0.05) is 18.2 Å². The van der Waals surface area contributed by atoms with E-state index in [4.69, 9.17) is 19.4 Å². The molecular weight excluding hydrogens is 450 g/mol. The van der Waals surface area contributed by atoms with Crippen LogP contribution >= 0.6 is 0 Å². The highest BCUT2D eigenvalue weighted by Crippen LogP contribution is 2.27. The summed E-state index contributed by atoms with van der Waals surface area (Å²) in [6, 6.07) is 16.6. The summed E-state index contributed by atoms with van der Waals surface area (Å²) in [6.45, 7) is 5.92. The number of aromatic nitrogens is 1. The molecule has 3 aromatic rings. The number of para-hydroxylation sites is 1. The largest absolute Gasteiger partial charge is 0.489 e. The van der Waals surface area contributed by atoms with E-state index >= 15 is 0 Å². The summed E-state index contributed by atoms with van der Waals surface area (Å²) in [5.74, 6) is -1.27. The first kappa shape index (κ1) is 24.6. The number of benzene rings is 2. The fraction of sp³-hybridized carbons (Fsp3) is 0.346. The van der Waals surface area contributed by atoms with Crippen LogP contribution in [0.25, 0.3) is 10.9 Å². The Hall–Kier alpha value is -3.53. The SMILES string of the molecule is Cc1cc(COc2ccc(C(=O)NC3(CC(=O)NO)COC(C)(C)OC3)cc2)c2ccccc2n1. The number of ether oxygens (including phenoxy) is 3. The van der Waals surface area contributed by atoms with Crippen molar-refractivity contribution in [2.24, 2.45) is 0 Å². The third kappa shape index (κ3) is 5.94. The molecule has 1 saturated heterocycles. The molecule has 2 amide bonds. The molecule has 1 fully saturated rings. The monoisotopic (exact) mass is 479 g/mol. The third-order valence-corrected chi connectivity index (χ3v) is 5.84. The highest BCUT2D eigenvalue weighted by atomic mass is 16.7. The molecular formula is C26H29N3O6. The second-order valence-electron chi connectivity index (χ2n) is 9.18. The van der Waals surface area contributed by atoms with E-state index < -0.39 is 23.1 Å². The van der Waals surface area contributed by atoms with Crippen molar-refractivity contribution in [2.75, 3.05) is 13.2 Å². The standard InChI is InChI=1S/C26H29N3O6/c1-17-12-19(21-6-4-5-7-22(21)27-17)14-33-20-10-8-18(9-11-20)24(31)28-26(13-23(30)29-32)15-34-25(2,3)35-16-26/h4-12,32H,13-16H2,1-3H3,(H,28,31)(H,29,30). The lowest BCUT2D eigenvalue weighted by Gasteiger charge is -2.43. The van der Waals surface area contributed by atoms with Crippen LogP contribution in [0.15, 0.2) is 54.6 Å². The van der Waals surface area contributed by atoms with Crippen LogP contribution in [0.1, 0.15) is 41.9 Å². The van der Waals surface area contributed by atoms with E-state index in [9.17, 15) is 9.59 Å². The van der Waals surface area contributed by atoms with Gasteiger partial charge in [-0.2, -0.15) is 0 Å². The predicted molar refractivity (Wildman–Crippen MR) is 128 cm³/mol. The maximum absolute atomic E-state index is 13.0. The number of hydrogen-bond acceptors (Lipinski definition) is 7. The quantitative estimate of drug-likeness (QED) is 0.351. The number of aryl methyl sites for hydroxylation is 1. The zero-order valence-electron chi connectivity index (χ0n) is 20.0. The predicted octanol–water partition coefficient (Wildman–Crippen LogP) is 3.27. The molecule has 1 aliphatic rings. The molecule has 0 atom stereocenters. The van der Waals surface area contributed by atoms with Crippen LogP contribution in [0.5, 0.6) is 5.75 Å². The van der Waals surface area contributed by atoms with E-state index in [-0.39, 0.29) is 19.6 Å². The Morgan fingerprint density at radius 3 is 2.46 bits per heavy atom. The number of amides is 2. The summed E-state index contributed by atoms with van der Waals surface area (Å²) in [7, 11) is 0. The Kier molecular flexibility index (Phi) is 7.02. The summed E-state index contributed by atoms with van der Waals surface area (Å²) in [4.78, 5) is 29.4. The van der Waals surface area contributed by atoms with Crippen LogP contribution in [0.3, 0.4) is 0 Å². The van der Waals surface area contributed by atoms with Crippen molar-refractivity contribution in [3.05, 3.63) is 71.4 Å². The van der Waals surface area contributed by atoms with Gasteiger partial charge < -0.3 is 19.5 Å². The smallest absolute Gasteiger partial charge is 0.251 e. The molecule has 2 heterocycles. The van der Waals surface area contributed by atoms with Gasteiger partial charge >= 0.3 is 0 Å². The zero-order chi connectivity index (χ0) is 25.1. The Morgan fingerprint density at radius 1 is 1.09 bits per heavy atom. The van der Waals surface area contributed by atoms with E-state index in [0.29, 0.717) is 17.9 Å². The van der Waals surface area contributed by atoms with Gasteiger partial charge in [0.2, 0.25) is 5.91 Å². The van der Waals surface area contributed by atoms with Crippen molar-refractivity contribution >= 4 is 22.7 Å². The lowest BCUT2D eigenvalue weighted by Crippen LogP contribution is -2.62. The third-order valence-electron chi connectivity index (χ3n) is 5.84. The highest BCUT2D eigenvalue weighted by Gasteiger charge is 2.43. The summed E-state index contributed by atoms with van der Waals surface area (Å²) in [5, 5.41) is 12.8. The van der Waals surface area contributed by atoms with Crippen LogP contribution in [0, 0.1) is 6.92 Å². The van der Waals surface area contributed by atoms with Gasteiger partial charge in [-0.3, -0.25) is 19.8 Å². The first-order chi connectivity index (χ1) is 16.7. The van der Waals surface area contributed by atoms with Crippen molar-refractivity contribution in [2.45, 2.75) is 45.1 Å².